The highest BCUT2D eigenvalue weighted by Gasteiger charge is 2.15. The summed E-state index contributed by atoms with van der Waals surface area (Å²) in [5, 5.41) is 19.5. The third-order valence-electron chi connectivity index (χ3n) is 1.79. The van der Waals surface area contributed by atoms with Crippen LogP contribution in [0.4, 0.5) is 0 Å². The predicted octanol–water partition coefficient (Wildman–Crippen LogP) is 0.470. The first kappa shape index (κ1) is 13.8. The van der Waals surface area contributed by atoms with Crippen LogP contribution in [0.3, 0.4) is 0 Å². The summed E-state index contributed by atoms with van der Waals surface area (Å²) in [6, 6.07) is 1.91. The van der Waals surface area contributed by atoms with Crippen molar-refractivity contribution in [3.63, 3.8) is 0 Å². The van der Waals surface area contributed by atoms with Crippen molar-refractivity contribution in [3.05, 3.63) is 0 Å². The number of carbonyl (C=O) groups is 2. The van der Waals surface area contributed by atoms with Gasteiger partial charge in [0.15, 0.2) is 0 Å². The van der Waals surface area contributed by atoms with Crippen molar-refractivity contribution in [3.8, 4) is 6.07 Å². The van der Waals surface area contributed by atoms with E-state index in [4.69, 9.17) is 10.4 Å². The SMILES string of the molecule is CCC(CNC(=O)CSCC#N)C(=O)O. The molecular formula is C9H14N2O3S. The fourth-order valence-electron chi connectivity index (χ4n) is 0.884. The number of nitrogens with zero attached hydrogens (tertiary/aromatic N) is 1. The monoisotopic (exact) mass is 230 g/mol. The van der Waals surface area contributed by atoms with E-state index in [0.29, 0.717) is 6.42 Å². The number of amides is 1. The van der Waals surface area contributed by atoms with Gasteiger partial charge < -0.3 is 10.4 Å². The Hall–Kier alpha value is -1.22. The largest absolute Gasteiger partial charge is 0.481 e. The molecule has 6 heteroatoms. The van der Waals surface area contributed by atoms with Crippen LogP contribution in [0.25, 0.3) is 0 Å². The van der Waals surface area contributed by atoms with Gasteiger partial charge in [0.2, 0.25) is 5.91 Å². The summed E-state index contributed by atoms with van der Waals surface area (Å²) in [6.45, 7) is 1.91. The van der Waals surface area contributed by atoms with Crippen LogP contribution in [0, 0.1) is 17.2 Å². The van der Waals surface area contributed by atoms with Gasteiger partial charge in [-0.15, -0.1) is 11.8 Å². The lowest BCUT2D eigenvalue weighted by Gasteiger charge is -2.10. The molecule has 5 nitrogen and oxygen atoms in total. The number of aliphatic carboxylic acids is 1. The Balaban J connectivity index is 3.70. The first-order chi connectivity index (χ1) is 7.11. The van der Waals surface area contributed by atoms with E-state index in [-0.39, 0.29) is 24.0 Å². The van der Waals surface area contributed by atoms with Gasteiger partial charge in [-0.3, -0.25) is 9.59 Å². The summed E-state index contributed by atoms with van der Waals surface area (Å²) < 4.78 is 0. The lowest BCUT2D eigenvalue weighted by molar-refractivity contribution is -0.141. The maximum Gasteiger partial charge on any atom is 0.308 e. The molecule has 84 valence electrons. The zero-order valence-electron chi connectivity index (χ0n) is 8.52. The molecule has 2 N–H and O–H groups in total. The Bertz CT molecular complexity index is 263. The third-order valence-corrected chi connectivity index (χ3v) is 2.59. The summed E-state index contributed by atoms with van der Waals surface area (Å²) in [5.74, 6) is -1.19. The Morgan fingerprint density at radius 1 is 1.60 bits per heavy atom. The molecule has 0 aromatic rings. The summed E-state index contributed by atoms with van der Waals surface area (Å²) in [6.07, 6.45) is 0.487. The maximum atomic E-state index is 11.1. The quantitative estimate of drug-likeness (QED) is 0.620. The van der Waals surface area contributed by atoms with Crippen molar-refractivity contribution in [2.24, 2.45) is 5.92 Å². The van der Waals surface area contributed by atoms with E-state index in [1.54, 1.807) is 6.92 Å². The molecule has 0 aliphatic rings. The number of carbonyl (C=O) groups excluding carboxylic acids is 1. The van der Waals surface area contributed by atoms with Crippen molar-refractivity contribution in [2.45, 2.75) is 13.3 Å². The first-order valence-electron chi connectivity index (χ1n) is 4.56. The average molecular weight is 230 g/mol. The summed E-state index contributed by atoms with van der Waals surface area (Å²) >= 11 is 1.21. The molecule has 15 heavy (non-hydrogen) atoms. The van der Waals surface area contributed by atoms with E-state index in [1.807, 2.05) is 6.07 Å². The zero-order chi connectivity index (χ0) is 11.7. The number of hydrogen-bond acceptors (Lipinski definition) is 4. The standard InChI is InChI=1S/C9H14N2O3S/c1-2-7(9(13)14)5-11-8(12)6-15-4-3-10/h7H,2,4-6H2,1H3,(H,11,12)(H,13,14). The molecule has 0 spiro atoms. The van der Waals surface area contributed by atoms with Crippen LogP contribution in [0.1, 0.15) is 13.3 Å². The number of nitriles is 1. The molecule has 1 amide bonds. The molecule has 0 heterocycles. The van der Waals surface area contributed by atoms with Crippen molar-refractivity contribution in [1.29, 1.82) is 5.26 Å². The molecule has 0 saturated carbocycles. The summed E-state index contributed by atoms with van der Waals surface area (Å²) in [4.78, 5) is 21.7. The van der Waals surface area contributed by atoms with Crippen LogP contribution in [0.15, 0.2) is 0 Å². The van der Waals surface area contributed by atoms with Gasteiger partial charge in [-0.1, -0.05) is 6.92 Å². The van der Waals surface area contributed by atoms with Gasteiger partial charge in [-0.25, -0.2) is 0 Å². The van der Waals surface area contributed by atoms with E-state index in [9.17, 15) is 9.59 Å². The minimum Gasteiger partial charge on any atom is -0.481 e. The number of nitrogens with one attached hydrogen (secondary N) is 1. The van der Waals surface area contributed by atoms with Gasteiger partial charge >= 0.3 is 5.97 Å². The van der Waals surface area contributed by atoms with Crippen LogP contribution < -0.4 is 5.32 Å². The molecule has 0 saturated heterocycles. The second-order valence-electron chi connectivity index (χ2n) is 2.90. The molecule has 1 atom stereocenters. The fourth-order valence-corrected chi connectivity index (χ4v) is 1.36. The number of carboxylic acid groups (broad SMARTS) is 1. The lowest BCUT2D eigenvalue weighted by Crippen LogP contribution is -2.33. The highest BCUT2D eigenvalue weighted by atomic mass is 32.2. The zero-order valence-corrected chi connectivity index (χ0v) is 9.34. The normalized spacial score (nSPS) is 11.5. The fraction of sp³-hybridized carbons (Fsp3) is 0.667. The Morgan fingerprint density at radius 3 is 2.73 bits per heavy atom. The highest BCUT2D eigenvalue weighted by molar-refractivity contribution is 8.00. The third kappa shape index (κ3) is 6.80. The van der Waals surface area contributed by atoms with E-state index in [1.165, 1.54) is 11.8 Å². The van der Waals surface area contributed by atoms with Gasteiger partial charge in [0.05, 0.1) is 23.5 Å². The molecule has 0 aromatic heterocycles. The molecule has 0 radical (unpaired) electrons. The van der Waals surface area contributed by atoms with Crippen molar-refractivity contribution in [2.75, 3.05) is 18.1 Å². The Labute approximate surface area is 92.8 Å². The summed E-state index contributed by atoms with van der Waals surface area (Å²) in [5.41, 5.74) is 0. The minimum absolute atomic E-state index is 0.151. The Morgan fingerprint density at radius 2 is 2.27 bits per heavy atom. The second-order valence-corrected chi connectivity index (χ2v) is 3.88. The minimum atomic E-state index is -0.900. The van der Waals surface area contributed by atoms with E-state index in [2.05, 4.69) is 5.32 Å². The van der Waals surface area contributed by atoms with Crippen molar-refractivity contribution >= 4 is 23.6 Å². The van der Waals surface area contributed by atoms with Gasteiger partial charge in [0.25, 0.3) is 0 Å². The van der Waals surface area contributed by atoms with Crippen LogP contribution in [-0.2, 0) is 9.59 Å². The maximum absolute atomic E-state index is 11.1. The van der Waals surface area contributed by atoms with Crippen molar-refractivity contribution in [1.82, 2.24) is 5.32 Å². The number of thioether (sulfide) groups is 1. The molecule has 0 fully saturated rings. The lowest BCUT2D eigenvalue weighted by atomic mass is 10.1. The van der Waals surface area contributed by atoms with Gasteiger partial charge in [-0.05, 0) is 6.42 Å². The first-order valence-corrected chi connectivity index (χ1v) is 5.71. The molecule has 0 aliphatic carbocycles. The van der Waals surface area contributed by atoms with Crippen LogP contribution in [-0.4, -0.2) is 35.0 Å². The molecule has 1 unspecified atom stereocenters. The molecule has 0 rings (SSSR count). The Kier molecular flexibility index (Phi) is 7.46. The van der Waals surface area contributed by atoms with E-state index < -0.39 is 11.9 Å². The van der Waals surface area contributed by atoms with Crippen LogP contribution in [0.5, 0.6) is 0 Å². The predicted molar refractivity (Wildman–Crippen MR) is 57.4 cm³/mol. The van der Waals surface area contributed by atoms with Gasteiger partial charge in [0.1, 0.15) is 0 Å². The number of carboxylic acids is 1. The summed E-state index contributed by atoms with van der Waals surface area (Å²) in [7, 11) is 0. The molecular weight excluding hydrogens is 216 g/mol. The van der Waals surface area contributed by atoms with Crippen molar-refractivity contribution < 1.29 is 14.7 Å². The van der Waals surface area contributed by atoms with E-state index >= 15 is 0 Å². The van der Waals surface area contributed by atoms with E-state index in [0.717, 1.165) is 0 Å². The number of rotatable bonds is 7. The van der Waals surface area contributed by atoms with Gasteiger partial charge in [-0.2, -0.15) is 5.26 Å². The highest BCUT2D eigenvalue weighted by Crippen LogP contribution is 2.01. The van der Waals surface area contributed by atoms with Gasteiger partial charge in [0, 0.05) is 6.54 Å². The molecule has 0 aromatic carbocycles. The smallest absolute Gasteiger partial charge is 0.308 e. The topological polar surface area (TPSA) is 90.2 Å². The molecule has 0 bridgehead atoms. The second kappa shape index (κ2) is 8.12. The molecule has 0 aliphatic heterocycles. The average Bonchev–Trinajstić information content (AvgIpc) is 2.18. The van der Waals surface area contributed by atoms with Crippen LogP contribution >= 0.6 is 11.8 Å². The number of hydrogen-bond donors (Lipinski definition) is 2. The van der Waals surface area contributed by atoms with Crippen LogP contribution in [0.2, 0.25) is 0 Å².